The molecule has 2 heterocycles. The molecule has 198 valence electrons. The number of benzene rings is 3. The van der Waals surface area contributed by atoms with Gasteiger partial charge in [-0.2, -0.15) is 0 Å². The normalized spacial score (nSPS) is 14.6. The molecule has 0 spiro atoms. The highest BCUT2D eigenvalue weighted by Gasteiger charge is 2.18. The van der Waals surface area contributed by atoms with Crippen LogP contribution in [0.25, 0.3) is 0 Å². The molecule has 0 radical (unpaired) electrons. The van der Waals surface area contributed by atoms with Crippen molar-refractivity contribution >= 4 is 22.6 Å². The molecule has 0 saturated carbocycles. The zero-order chi connectivity index (χ0) is 26.0. The number of phenolic OH excluding ortho intramolecular Hbond substituents is 1. The molecular weight excluding hydrogens is 500 g/mol. The molecule has 0 bridgehead atoms. The summed E-state index contributed by atoms with van der Waals surface area (Å²) in [6, 6.07) is 20.1. The van der Waals surface area contributed by atoms with E-state index >= 15 is 0 Å². The molecule has 0 aromatic heterocycles. The van der Waals surface area contributed by atoms with E-state index in [4.69, 9.17) is 9.47 Å². The number of rotatable bonds is 10. The quantitative estimate of drug-likeness (QED) is 0.208. The van der Waals surface area contributed by atoms with Gasteiger partial charge < -0.3 is 14.6 Å². The highest BCUT2D eigenvalue weighted by molar-refractivity contribution is 7.99. The van der Waals surface area contributed by atoms with Crippen LogP contribution in [0.4, 0.5) is 0 Å². The van der Waals surface area contributed by atoms with Gasteiger partial charge >= 0.3 is 0 Å². The third-order valence-corrected chi connectivity index (χ3v) is 9.75. The van der Waals surface area contributed by atoms with Crippen LogP contribution in [-0.2, 0) is 23.6 Å². The van der Waals surface area contributed by atoms with Crippen LogP contribution in [0, 0.1) is 0 Å². The molecule has 2 aliphatic rings. The predicted octanol–water partition coefficient (Wildman–Crippen LogP) is 7.90. The summed E-state index contributed by atoms with van der Waals surface area (Å²) in [5, 5.41) is 9.96. The Morgan fingerprint density at radius 3 is 2.54 bits per heavy atom. The summed E-state index contributed by atoms with van der Waals surface area (Å²) in [4.78, 5) is 2.48. The largest absolute Gasteiger partial charge is 0.508 e. The topological polar surface area (TPSA) is 55.8 Å². The van der Waals surface area contributed by atoms with Gasteiger partial charge in [0.15, 0.2) is 11.5 Å². The number of aromatic hydroxyl groups is 1. The lowest BCUT2D eigenvalue weighted by molar-refractivity contribution is 0.174. The van der Waals surface area contributed by atoms with Crippen molar-refractivity contribution in [3.63, 3.8) is 0 Å². The van der Waals surface area contributed by atoms with Gasteiger partial charge in [-0.25, -0.2) is 0 Å². The van der Waals surface area contributed by atoms with Gasteiger partial charge in [0, 0.05) is 43.6 Å². The zero-order valence-electron chi connectivity index (χ0n) is 21.9. The maximum Gasteiger partial charge on any atom is 0.231 e. The number of fused-ring (bicyclic) bond motifs is 3. The Kier molecular flexibility index (Phi) is 10.4. The van der Waals surface area contributed by atoms with E-state index in [-0.39, 0.29) is 5.25 Å². The standard InChI is InChI=1S/C18H28O3S.C13H10OS/c1-3-4-5-6-7-8-11-22(19)15(2)12-16-9-10-17-18(13-16)21-14-20-17;14-11-5-3-7-13-10(11)8-9-4-1-2-6-12(9)15-13/h9-10,13,15H,3-8,11-12,14H2,1-2H3;1-7,14H,8H2. The van der Waals surface area contributed by atoms with Crippen molar-refractivity contribution in [2.24, 2.45) is 0 Å². The average Bonchev–Trinajstić information content (AvgIpc) is 3.38. The first-order valence-corrected chi connectivity index (χ1v) is 15.6. The summed E-state index contributed by atoms with van der Waals surface area (Å²) in [6.07, 6.45) is 9.16. The highest BCUT2D eigenvalue weighted by atomic mass is 32.2. The summed E-state index contributed by atoms with van der Waals surface area (Å²) in [5.41, 5.74) is 3.53. The molecule has 3 aromatic rings. The predicted molar refractivity (Wildman–Crippen MR) is 154 cm³/mol. The number of phenols is 1. The minimum absolute atomic E-state index is 0.191. The lowest BCUT2D eigenvalue weighted by Crippen LogP contribution is -2.16. The molecule has 3 aromatic carbocycles. The van der Waals surface area contributed by atoms with Gasteiger partial charge in [0.05, 0.1) is 0 Å². The summed E-state index contributed by atoms with van der Waals surface area (Å²) in [5.74, 6) is 2.86. The second-order valence-electron chi connectivity index (χ2n) is 9.70. The van der Waals surface area contributed by atoms with Crippen LogP contribution in [0.15, 0.2) is 70.5 Å². The molecule has 1 N–H and O–H groups in total. The first kappa shape index (κ1) is 27.6. The van der Waals surface area contributed by atoms with Gasteiger partial charge in [-0.1, -0.05) is 88.0 Å². The SMILES string of the molecule is CCCCCCCCS(=O)C(C)Cc1ccc2c(c1)OCO2.Oc1cccc2c1Cc1ccccc1S2. The Morgan fingerprint density at radius 1 is 0.919 bits per heavy atom. The molecule has 5 rings (SSSR count). The van der Waals surface area contributed by atoms with Crippen LogP contribution in [0.2, 0.25) is 0 Å². The van der Waals surface area contributed by atoms with Crippen molar-refractivity contribution in [1.82, 2.24) is 0 Å². The minimum Gasteiger partial charge on any atom is -0.508 e. The fourth-order valence-electron chi connectivity index (χ4n) is 4.60. The lowest BCUT2D eigenvalue weighted by Gasteiger charge is -2.19. The molecule has 6 heteroatoms. The van der Waals surface area contributed by atoms with Crippen molar-refractivity contribution in [2.75, 3.05) is 12.5 Å². The first-order chi connectivity index (χ1) is 18.0. The van der Waals surface area contributed by atoms with Crippen LogP contribution in [0.5, 0.6) is 17.2 Å². The van der Waals surface area contributed by atoms with Gasteiger partial charge in [0.1, 0.15) is 5.75 Å². The monoisotopic (exact) mass is 538 g/mol. The number of hydrogen-bond donors (Lipinski definition) is 1. The Morgan fingerprint density at radius 2 is 1.68 bits per heavy atom. The van der Waals surface area contributed by atoms with Crippen molar-refractivity contribution in [3.8, 4) is 17.2 Å². The molecule has 0 aliphatic carbocycles. The zero-order valence-corrected chi connectivity index (χ0v) is 23.5. The van der Waals surface area contributed by atoms with Crippen LogP contribution < -0.4 is 9.47 Å². The summed E-state index contributed by atoms with van der Waals surface area (Å²) in [7, 11) is -0.743. The smallest absolute Gasteiger partial charge is 0.231 e. The van der Waals surface area contributed by atoms with Crippen molar-refractivity contribution in [3.05, 3.63) is 77.4 Å². The number of ether oxygens (including phenoxy) is 2. The first-order valence-electron chi connectivity index (χ1n) is 13.4. The van der Waals surface area contributed by atoms with Gasteiger partial charge in [0.25, 0.3) is 0 Å². The van der Waals surface area contributed by atoms with Crippen LogP contribution in [-0.4, -0.2) is 27.1 Å². The van der Waals surface area contributed by atoms with E-state index in [0.29, 0.717) is 12.5 Å². The van der Waals surface area contributed by atoms with Crippen molar-refractivity contribution in [1.29, 1.82) is 0 Å². The third kappa shape index (κ3) is 7.78. The molecule has 2 atom stereocenters. The summed E-state index contributed by atoms with van der Waals surface area (Å²) < 4.78 is 23.0. The van der Waals surface area contributed by atoms with E-state index in [2.05, 4.69) is 38.1 Å². The van der Waals surface area contributed by atoms with Crippen molar-refractivity contribution in [2.45, 2.75) is 80.3 Å². The third-order valence-electron chi connectivity index (χ3n) is 6.78. The summed E-state index contributed by atoms with van der Waals surface area (Å²) in [6.45, 7) is 4.61. The molecule has 4 nitrogen and oxygen atoms in total. The molecule has 0 amide bonds. The highest BCUT2D eigenvalue weighted by Crippen LogP contribution is 2.42. The number of hydrogen-bond acceptors (Lipinski definition) is 5. The Bertz CT molecular complexity index is 1190. The van der Waals surface area contributed by atoms with E-state index in [1.54, 1.807) is 17.8 Å². The Balaban J connectivity index is 0.000000184. The van der Waals surface area contributed by atoms with Gasteiger partial charge in [-0.05, 0) is 54.3 Å². The molecule has 0 saturated heterocycles. The number of unbranched alkanes of at least 4 members (excludes halogenated alkanes) is 5. The van der Waals surface area contributed by atoms with Gasteiger partial charge in [-0.15, -0.1) is 0 Å². The second-order valence-corrected chi connectivity index (χ2v) is 12.8. The van der Waals surface area contributed by atoms with E-state index in [1.807, 2.05) is 30.3 Å². The molecule has 0 fully saturated rings. The van der Waals surface area contributed by atoms with Crippen LogP contribution in [0.1, 0.15) is 69.1 Å². The maximum atomic E-state index is 12.3. The molecule has 2 aliphatic heterocycles. The van der Waals surface area contributed by atoms with Gasteiger partial charge in [-0.3, -0.25) is 4.21 Å². The lowest BCUT2D eigenvalue weighted by atomic mass is 10.0. The van der Waals surface area contributed by atoms with E-state index < -0.39 is 10.8 Å². The van der Waals surface area contributed by atoms with E-state index in [1.165, 1.54) is 53.0 Å². The summed E-state index contributed by atoms with van der Waals surface area (Å²) >= 11 is 1.74. The van der Waals surface area contributed by atoms with Crippen LogP contribution >= 0.6 is 11.8 Å². The second kappa shape index (κ2) is 13.9. The van der Waals surface area contributed by atoms with Crippen LogP contribution in [0.3, 0.4) is 0 Å². The Labute approximate surface area is 228 Å². The van der Waals surface area contributed by atoms with Crippen molar-refractivity contribution < 1.29 is 18.8 Å². The molecule has 2 unspecified atom stereocenters. The molecular formula is C31H38O4S2. The average molecular weight is 539 g/mol. The Hall–Kier alpha value is -2.44. The molecule has 37 heavy (non-hydrogen) atoms. The fraction of sp³-hybridized carbons (Fsp3) is 0.419. The maximum absolute atomic E-state index is 12.3. The van der Waals surface area contributed by atoms with Gasteiger partial charge in [0.2, 0.25) is 6.79 Å². The minimum atomic E-state index is -0.743. The fourth-order valence-corrected chi connectivity index (χ4v) is 6.98. The van der Waals surface area contributed by atoms with E-state index in [0.717, 1.165) is 42.1 Å². The van der Waals surface area contributed by atoms with E-state index in [9.17, 15) is 9.32 Å².